The molecule has 0 aromatic heterocycles. The highest BCUT2D eigenvalue weighted by Crippen LogP contribution is 2.07. The van der Waals surface area contributed by atoms with E-state index in [9.17, 15) is 14.4 Å². The van der Waals surface area contributed by atoms with Crippen LogP contribution in [0.25, 0.3) is 0 Å². The van der Waals surface area contributed by atoms with Gasteiger partial charge in [0.05, 0.1) is 6.54 Å². The van der Waals surface area contributed by atoms with E-state index in [2.05, 4.69) is 5.32 Å². The lowest BCUT2D eigenvalue weighted by Gasteiger charge is -2.21. The van der Waals surface area contributed by atoms with Gasteiger partial charge in [-0.15, -0.1) is 0 Å². The average Bonchev–Trinajstić information content (AvgIpc) is 2.51. The molecule has 7 nitrogen and oxygen atoms in total. The predicted octanol–water partition coefficient (Wildman–Crippen LogP) is 2.92. The van der Waals surface area contributed by atoms with Crippen molar-refractivity contribution in [3.63, 3.8) is 0 Å². The number of unbranched alkanes of at least 4 members (excludes halogenated alkanes) is 2. The van der Waals surface area contributed by atoms with Gasteiger partial charge in [-0.25, -0.2) is 4.79 Å². The molecular weight excluding hydrogens is 336 g/mol. The molecule has 0 aromatic carbocycles. The zero-order valence-electron chi connectivity index (χ0n) is 17.1. The number of amides is 2. The Morgan fingerprint density at radius 3 is 2.31 bits per heavy atom. The van der Waals surface area contributed by atoms with Crippen molar-refractivity contribution in [3.05, 3.63) is 0 Å². The summed E-state index contributed by atoms with van der Waals surface area (Å²) < 4.78 is 10.4. The summed E-state index contributed by atoms with van der Waals surface area (Å²) >= 11 is 0. The second-order valence-corrected chi connectivity index (χ2v) is 7.31. The highest BCUT2D eigenvalue weighted by Gasteiger charge is 2.16. The third-order valence-corrected chi connectivity index (χ3v) is 3.42. The largest absolute Gasteiger partial charge is 0.444 e. The van der Waals surface area contributed by atoms with Gasteiger partial charge >= 0.3 is 6.09 Å². The zero-order chi connectivity index (χ0) is 20.0. The first-order valence-electron chi connectivity index (χ1n) is 9.47. The van der Waals surface area contributed by atoms with Gasteiger partial charge in [-0.1, -0.05) is 6.42 Å². The number of hydrogen-bond donors (Lipinski definition) is 1. The summed E-state index contributed by atoms with van der Waals surface area (Å²) in [5.74, 6) is -0.0203. The van der Waals surface area contributed by atoms with Crippen molar-refractivity contribution in [2.24, 2.45) is 0 Å². The van der Waals surface area contributed by atoms with Crippen LogP contribution in [0.3, 0.4) is 0 Å². The van der Waals surface area contributed by atoms with Crippen molar-refractivity contribution in [2.75, 3.05) is 32.8 Å². The van der Waals surface area contributed by atoms with Gasteiger partial charge in [-0.3, -0.25) is 9.59 Å². The van der Waals surface area contributed by atoms with Crippen LogP contribution < -0.4 is 5.32 Å². The molecule has 0 rings (SSSR count). The standard InChI is InChI=1S/C19H36N2O5/c1-6-25-14-10-13-21(15-16(2)22)17(23)11-8-7-9-12-20-18(24)26-19(3,4)5/h6-15H2,1-5H3,(H,20,24). The van der Waals surface area contributed by atoms with Gasteiger partial charge in [-0.05, 0) is 53.9 Å². The number of Topliss-reactive ketones (excluding diaryl/α,β-unsaturated/α-hetero) is 1. The second kappa shape index (κ2) is 13.6. The first-order valence-corrected chi connectivity index (χ1v) is 9.47. The fraction of sp³-hybridized carbons (Fsp3) is 0.842. The molecule has 0 fully saturated rings. The van der Waals surface area contributed by atoms with Gasteiger partial charge in [0.1, 0.15) is 11.4 Å². The summed E-state index contributed by atoms with van der Waals surface area (Å²) in [6, 6.07) is 0. The van der Waals surface area contributed by atoms with E-state index in [1.54, 1.807) is 4.90 Å². The van der Waals surface area contributed by atoms with E-state index in [1.165, 1.54) is 6.92 Å². The van der Waals surface area contributed by atoms with Gasteiger partial charge in [0.25, 0.3) is 0 Å². The van der Waals surface area contributed by atoms with Crippen molar-refractivity contribution < 1.29 is 23.9 Å². The quantitative estimate of drug-likeness (QED) is 0.503. The molecule has 0 aliphatic rings. The van der Waals surface area contributed by atoms with Gasteiger partial charge in [-0.2, -0.15) is 0 Å². The number of carbonyl (C=O) groups excluding carboxylic acids is 3. The van der Waals surface area contributed by atoms with E-state index in [-0.39, 0.29) is 18.2 Å². The molecule has 0 radical (unpaired) electrons. The summed E-state index contributed by atoms with van der Waals surface area (Å²) in [5.41, 5.74) is -0.501. The van der Waals surface area contributed by atoms with Crippen LogP contribution in [0.1, 0.15) is 66.7 Å². The maximum atomic E-state index is 12.3. The van der Waals surface area contributed by atoms with E-state index < -0.39 is 11.7 Å². The fourth-order valence-electron chi connectivity index (χ4n) is 2.30. The zero-order valence-corrected chi connectivity index (χ0v) is 17.1. The number of ketones is 1. The third kappa shape index (κ3) is 14.7. The van der Waals surface area contributed by atoms with E-state index in [0.29, 0.717) is 32.7 Å². The highest BCUT2D eigenvalue weighted by molar-refractivity contribution is 5.84. The summed E-state index contributed by atoms with van der Waals surface area (Å²) in [7, 11) is 0. The van der Waals surface area contributed by atoms with Crippen LogP contribution in [0.4, 0.5) is 4.79 Å². The summed E-state index contributed by atoms with van der Waals surface area (Å²) in [6.45, 7) is 11.3. The number of carbonyl (C=O) groups is 3. The summed E-state index contributed by atoms with van der Waals surface area (Å²) in [4.78, 5) is 36.7. The van der Waals surface area contributed by atoms with Gasteiger partial charge in [0.2, 0.25) is 5.91 Å². The molecule has 0 spiro atoms. The van der Waals surface area contributed by atoms with Gasteiger partial charge < -0.3 is 19.7 Å². The molecule has 0 heterocycles. The minimum Gasteiger partial charge on any atom is -0.444 e. The molecule has 0 saturated heterocycles. The van der Waals surface area contributed by atoms with Crippen LogP contribution in [0.2, 0.25) is 0 Å². The first kappa shape index (κ1) is 24.4. The first-order chi connectivity index (χ1) is 12.2. The maximum absolute atomic E-state index is 12.3. The third-order valence-electron chi connectivity index (χ3n) is 3.42. The Kier molecular flexibility index (Phi) is 12.7. The van der Waals surface area contributed by atoms with Crippen molar-refractivity contribution in [3.8, 4) is 0 Å². The molecule has 0 aliphatic heterocycles. The molecular formula is C19H36N2O5. The molecule has 0 unspecified atom stereocenters. The second-order valence-electron chi connectivity index (χ2n) is 7.31. The summed E-state index contributed by atoms with van der Waals surface area (Å²) in [6.07, 6.45) is 3.06. The van der Waals surface area contributed by atoms with E-state index >= 15 is 0 Å². The van der Waals surface area contributed by atoms with Crippen LogP contribution in [0, 0.1) is 0 Å². The smallest absolute Gasteiger partial charge is 0.407 e. The SMILES string of the molecule is CCOCCCN(CC(C)=O)C(=O)CCCCCNC(=O)OC(C)(C)C. The van der Waals surface area contributed by atoms with Crippen molar-refractivity contribution >= 4 is 17.8 Å². The molecule has 7 heteroatoms. The topological polar surface area (TPSA) is 84.9 Å². The molecule has 0 saturated carbocycles. The molecule has 0 aromatic rings. The minimum absolute atomic E-state index is 0.00296. The van der Waals surface area contributed by atoms with Crippen molar-refractivity contribution in [1.29, 1.82) is 0 Å². The Balaban J connectivity index is 3.96. The minimum atomic E-state index is -0.501. The van der Waals surface area contributed by atoms with E-state index in [4.69, 9.17) is 9.47 Å². The lowest BCUT2D eigenvalue weighted by atomic mass is 10.1. The van der Waals surface area contributed by atoms with Crippen LogP contribution in [0.5, 0.6) is 0 Å². The fourth-order valence-corrected chi connectivity index (χ4v) is 2.30. The predicted molar refractivity (Wildman–Crippen MR) is 101 cm³/mol. The Morgan fingerprint density at radius 1 is 1.04 bits per heavy atom. The van der Waals surface area contributed by atoms with Gasteiger partial charge in [0.15, 0.2) is 0 Å². The normalized spacial score (nSPS) is 11.1. The van der Waals surface area contributed by atoms with Crippen LogP contribution in [0.15, 0.2) is 0 Å². The Hall–Kier alpha value is -1.63. The average molecular weight is 373 g/mol. The van der Waals surface area contributed by atoms with Crippen LogP contribution >= 0.6 is 0 Å². The molecule has 26 heavy (non-hydrogen) atoms. The summed E-state index contributed by atoms with van der Waals surface area (Å²) in [5, 5.41) is 2.70. The Bertz CT molecular complexity index is 432. The lowest BCUT2D eigenvalue weighted by molar-refractivity contribution is -0.135. The number of hydrogen-bond acceptors (Lipinski definition) is 5. The number of alkyl carbamates (subject to hydrolysis) is 1. The Morgan fingerprint density at radius 2 is 1.73 bits per heavy atom. The molecule has 0 bridgehead atoms. The molecule has 152 valence electrons. The van der Waals surface area contributed by atoms with Gasteiger partial charge in [0, 0.05) is 32.7 Å². The molecule has 1 N–H and O–H groups in total. The van der Waals surface area contributed by atoms with Crippen molar-refractivity contribution in [2.45, 2.75) is 72.3 Å². The molecule has 2 amide bonds. The molecule has 0 aliphatic carbocycles. The Labute approximate surface area is 157 Å². The van der Waals surface area contributed by atoms with Crippen LogP contribution in [-0.2, 0) is 19.1 Å². The molecule has 0 atom stereocenters. The highest BCUT2D eigenvalue weighted by atomic mass is 16.6. The van der Waals surface area contributed by atoms with E-state index in [1.807, 2.05) is 27.7 Å². The maximum Gasteiger partial charge on any atom is 0.407 e. The number of nitrogens with one attached hydrogen (secondary N) is 1. The number of rotatable bonds is 13. The number of ether oxygens (including phenoxy) is 2. The lowest BCUT2D eigenvalue weighted by Crippen LogP contribution is -2.36. The number of nitrogens with zero attached hydrogens (tertiary/aromatic N) is 1. The van der Waals surface area contributed by atoms with Crippen LogP contribution in [-0.4, -0.2) is 61.1 Å². The van der Waals surface area contributed by atoms with Crippen molar-refractivity contribution in [1.82, 2.24) is 10.2 Å². The monoisotopic (exact) mass is 372 g/mol. The van der Waals surface area contributed by atoms with E-state index in [0.717, 1.165) is 25.7 Å².